The second-order valence-corrected chi connectivity index (χ2v) is 4.61. The number of rotatable bonds is 3. The largest absolute Gasteiger partial charge is 0.478 e. The van der Waals surface area contributed by atoms with E-state index in [9.17, 15) is 9.18 Å². The van der Waals surface area contributed by atoms with Gasteiger partial charge in [0.15, 0.2) is 0 Å². The number of hydrogen-bond donors (Lipinski definition) is 1. The Morgan fingerprint density at radius 3 is 2.79 bits per heavy atom. The Balaban J connectivity index is 2.26. The number of carboxylic acid groups (broad SMARTS) is 1. The summed E-state index contributed by atoms with van der Waals surface area (Å²) in [6.07, 6.45) is 2.20. The predicted molar refractivity (Wildman–Crippen MR) is 52.2 cm³/mol. The van der Waals surface area contributed by atoms with Gasteiger partial charge in [0.25, 0.3) is 0 Å². The van der Waals surface area contributed by atoms with Gasteiger partial charge in [-0.15, -0.1) is 11.8 Å². The Morgan fingerprint density at radius 2 is 2.21 bits per heavy atom. The monoisotopic (exact) mass is 212 g/mol. The maximum absolute atomic E-state index is 13.2. The van der Waals surface area contributed by atoms with Gasteiger partial charge in [0, 0.05) is 10.1 Å². The predicted octanol–water partition coefficient (Wildman–Crippen LogP) is 2.78. The number of thioether (sulfide) groups is 1. The molecule has 0 bridgehead atoms. The normalized spacial score (nSPS) is 15.5. The van der Waals surface area contributed by atoms with Gasteiger partial charge in [-0.05, 0) is 31.0 Å². The van der Waals surface area contributed by atoms with Gasteiger partial charge in [0.1, 0.15) is 5.82 Å². The second-order valence-electron chi connectivity index (χ2n) is 3.27. The zero-order chi connectivity index (χ0) is 10.1. The lowest BCUT2D eigenvalue weighted by molar-refractivity contribution is 0.0696. The topological polar surface area (TPSA) is 37.3 Å². The third-order valence-corrected chi connectivity index (χ3v) is 3.37. The Kier molecular flexibility index (Phi) is 2.46. The molecule has 1 aliphatic carbocycles. The second kappa shape index (κ2) is 3.61. The maximum Gasteiger partial charge on any atom is 0.335 e. The van der Waals surface area contributed by atoms with Crippen LogP contribution >= 0.6 is 11.8 Å². The summed E-state index contributed by atoms with van der Waals surface area (Å²) in [5.74, 6) is -1.34. The molecule has 4 heteroatoms. The Labute approximate surface area is 85.1 Å². The van der Waals surface area contributed by atoms with Crippen molar-refractivity contribution in [3.63, 3.8) is 0 Å². The van der Waals surface area contributed by atoms with E-state index in [0.717, 1.165) is 12.8 Å². The van der Waals surface area contributed by atoms with Crippen molar-refractivity contribution in [2.24, 2.45) is 0 Å². The van der Waals surface area contributed by atoms with Crippen LogP contribution in [0.5, 0.6) is 0 Å². The Hall–Kier alpha value is -1.03. The third-order valence-electron chi connectivity index (χ3n) is 2.00. The van der Waals surface area contributed by atoms with E-state index in [2.05, 4.69) is 0 Å². The first-order chi connectivity index (χ1) is 6.66. The number of benzene rings is 1. The number of halogens is 1. The Morgan fingerprint density at radius 1 is 1.50 bits per heavy atom. The van der Waals surface area contributed by atoms with Gasteiger partial charge in [-0.3, -0.25) is 0 Å². The maximum atomic E-state index is 13.2. The third kappa shape index (κ3) is 2.07. The van der Waals surface area contributed by atoms with Crippen molar-refractivity contribution in [1.82, 2.24) is 0 Å². The highest BCUT2D eigenvalue weighted by atomic mass is 32.2. The minimum Gasteiger partial charge on any atom is -0.478 e. The number of aromatic carboxylic acids is 1. The molecule has 0 aromatic heterocycles. The molecule has 1 fully saturated rings. The average molecular weight is 212 g/mol. The van der Waals surface area contributed by atoms with Crippen molar-refractivity contribution in [2.75, 3.05) is 0 Å². The van der Waals surface area contributed by atoms with Crippen LogP contribution in [0.2, 0.25) is 0 Å². The standard InChI is InChI=1S/C10H9FO2S/c11-8-4-1-6(10(12)13)5-9(8)14-7-2-3-7/h1,4-5,7H,2-3H2,(H,12,13). The lowest BCUT2D eigenvalue weighted by Gasteiger charge is -2.02. The molecule has 0 spiro atoms. The quantitative estimate of drug-likeness (QED) is 0.837. The van der Waals surface area contributed by atoms with Crippen LogP contribution in [0.25, 0.3) is 0 Å². The zero-order valence-corrected chi connectivity index (χ0v) is 8.18. The van der Waals surface area contributed by atoms with Crippen LogP contribution < -0.4 is 0 Å². The minimum atomic E-state index is -1.01. The van der Waals surface area contributed by atoms with E-state index in [0.29, 0.717) is 10.1 Å². The van der Waals surface area contributed by atoms with Crippen LogP contribution in [0.15, 0.2) is 23.1 Å². The summed E-state index contributed by atoms with van der Waals surface area (Å²) in [6.45, 7) is 0. The molecule has 2 rings (SSSR count). The van der Waals surface area contributed by atoms with Gasteiger partial charge in [0.2, 0.25) is 0 Å². The van der Waals surface area contributed by atoms with Gasteiger partial charge in [0.05, 0.1) is 5.56 Å². The highest BCUT2D eigenvalue weighted by Gasteiger charge is 2.24. The molecule has 1 aromatic rings. The molecule has 74 valence electrons. The molecule has 0 radical (unpaired) electrons. The van der Waals surface area contributed by atoms with Gasteiger partial charge in [-0.1, -0.05) is 0 Å². The molecular formula is C10H9FO2S. The molecule has 2 nitrogen and oxygen atoms in total. The Bertz CT molecular complexity index is 374. The van der Waals surface area contributed by atoms with E-state index in [1.807, 2.05) is 0 Å². The molecule has 0 unspecified atom stereocenters. The van der Waals surface area contributed by atoms with E-state index >= 15 is 0 Å². The van der Waals surface area contributed by atoms with Crippen LogP contribution in [0.4, 0.5) is 4.39 Å². The van der Waals surface area contributed by atoms with Crippen molar-refractivity contribution in [1.29, 1.82) is 0 Å². The van der Waals surface area contributed by atoms with Crippen LogP contribution in [0.3, 0.4) is 0 Å². The SMILES string of the molecule is O=C(O)c1ccc(F)c(SC2CC2)c1. The average Bonchev–Trinajstić information content (AvgIpc) is 2.92. The van der Waals surface area contributed by atoms with Crippen molar-refractivity contribution < 1.29 is 14.3 Å². The molecule has 0 amide bonds. The van der Waals surface area contributed by atoms with Crippen molar-refractivity contribution in [3.05, 3.63) is 29.6 Å². The molecule has 0 saturated heterocycles. The summed E-state index contributed by atoms with van der Waals surface area (Å²) in [7, 11) is 0. The summed E-state index contributed by atoms with van der Waals surface area (Å²) in [6, 6.07) is 3.91. The first kappa shape index (κ1) is 9.52. The van der Waals surface area contributed by atoms with E-state index in [-0.39, 0.29) is 11.4 Å². The molecule has 0 aliphatic heterocycles. The van der Waals surface area contributed by atoms with Crippen LogP contribution in [-0.2, 0) is 0 Å². The fourth-order valence-electron chi connectivity index (χ4n) is 1.09. The number of hydrogen-bond acceptors (Lipinski definition) is 2. The first-order valence-corrected chi connectivity index (χ1v) is 5.24. The zero-order valence-electron chi connectivity index (χ0n) is 7.37. The molecule has 1 N–H and O–H groups in total. The molecule has 0 heterocycles. The molecule has 0 atom stereocenters. The summed E-state index contributed by atoms with van der Waals surface area (Å²) >= 11 is 1.43. The molecule has 14 heavy (non-hydrogen) atoms. The molecular weight excluding hydrogens is 203 g/mol. The van der Waals surface area contributed by atoms with E-state index < -0.39 is 5.97 Å². The summed E-state index contributed by atoms with van der Waals surface area (Å²) in [5, 5.41) is 9.20. The highest BCUT2D eigenvalue weighted by molar-refractivity contribution is 8.00. The first-order valence-electron chi connectivity index (χ1n) is 4.36. The lowest BCUT2D eigenvalue weighted by atomic mass is 10.2. The van der Waals surface area contributed by atoms with E-state index in [1.54, 1.807) is 0 Å². The summed E-state index contributed by atoms with van der Waals surface area (Å²) < 4.78 is 13.2. The van der Waals surface area contributed by atoms with Crippen molar-refractivity contribution >= 4 is 17.7 Å². The highest BCUT2D eigenvalue weighted by Crippen LogP contribution is 2.40. The fraction of sp³-hybridized carbons (Fsp3) is 0.300. The smallest absolute Gasteiger partial charge is 0.335 e. The van der Waals surface area contributed by atoms with Crippen molar-refractivity contribution in [2.45, 2.75) is 23.0 Å². The number of carbonyl (C=O) groups is 1. The van der Waals surface area contributed by atoms with Gasteiger partial charge in [-0.2, -0.15) is 0 Å². The van der Waals surface area contributed by atoms with Crippen molar-refractivity contribution in [3.8, 4) is 0 Å². The van der Waals surface area contributed by atoms with E-state index in [1.165, 1.54) is 30.0 Å². The van der Waals surface area contributed by atoms with E-state index in [4.69, 9.17) is 5.11 Å². The van der Waals surface area contributed by atoms with Gasteiger partial charge < -0.3 is 5.11 Å². The summed E-state index contributed by atoms with van der Waals surface area (Å²) in [5.41, 5.74) is 0.148. The van der Waals surface area contributed by atoms with Gasteiger partial charge >= 0.3 is 5.97 Å². The van der Waals surface area contributed by atoms with Crippen LogP contribution in [-0.4, -0.2) is 16.3 Å². The van der Waals surface area contributed by atoms with Gasteiger partial charge in [-0.25, -0.2) is 9.18 Å². The molecule has 1 aromatic carbocycles. The molecule has 1 saturated carbocycles. The molecule has 1 aliphatic rings. The fourth-order valence-corrected chi connectivity index (χ4v) is 2.20. The summed E-state index contributed by atoms with van der Waals surface area (Å²) in [4.78, 5) is 11.1. The lowest BCUT2D eigenvalue weighted by Crippen LogP contribution is -1.97. The van der Waals surface area contributed by atoms with Crippen LogP contribution in [0, 0.1) is 5.82 Å². The number of carboxylic acids is 1. The minimum absolute atomic E-state index is 0.148. The van der Waals surface area contributed by atoms with Crippen LogP contribution in [0.1, 0.15) is 23.2 Å².